The van der Waals surface area contributed by atoms with Crippen molar-refractivity contribution in [1.82, 2.24) is 4.98 Å². The monoisotopic (exact) mass is 538 g/mol. The Kier molecular flexibility index (Phi) is 7.17. The van der Waals surface area contributed by atoms with Gasteiger partial charge in [-0.25, -0.2) is 4.98 Å². The van der Waals surface area contributed by atoms with Crippen molar-refractivity contribution < 1.29 is 4.74 Å². The van der Waals surface area contributed by atoms with E-state index >= 15 is 0 Å². The van der Waals surface area contributed by atoms with Crippen LogP contribution >= 0.6 is 0 Å². The summed E-state index contributed by atoms with van der Waals surface area (Å²) < 4.78 is 6.39. The molecule has 0 spiro atoms. The van der Waals surface area contributed by atoms with Gasteiger partial charge >= 0.3 is 0 Å². The highest BCUT2D eigenvalue weighted by molar-refractivity contribution is 5.75. The molecule has 0 aliphatic carbocycles. The molecule has 204 valence electrons. The summed E-state index contributed by atoms with van der Waals surface area (Å²) in [5, 5.41) is 0. The molecule has 0 amide bonds. The maximum atomic E-state index is 6.39. The number of hydrogen-bond donors (Lipinski definition) is 0. The standard InChI is InChI=1S/C36H34N4O/c1-36(2,3)28-18-20-29(21-19-28)38-23-24-39(27-38)31-13-9-15-33(25-31)41-34-16-10-14-32(26-34)40(30-11-5-4-6-12-30)35-17-7-8-22-37-35/h4-26H,27H2,1-3H3. The Hall–Kier alpha value is -5.03. The predicted octanol–water partition coefficient (Wildman–Crippen LogP) is 9.40. The topological polar surface area (TPSA) is 31.8 Å². The Morgan fingerprint density at radius 3 is 2.00 bits per heavy atom. The number of pyridine rings is 1. The molecule has 4 aromatic carbocycles. The molecule has 0 fully saturated rings. The number of para-hydroxylation sites is 1. The summed E-state index contributed by atoms with van der Waals surface area (Å²) in [5.41, 5.74) is 5.73. The largest absolute Gasteiger partial charge is 0.457 e. The lowest BCUT2D eigenvalue weighted by Crippen LogP contribution is -2.24. The van der Waals surface area contributed by atoms with Gasteiger partial charge < -0.3 is 14.5 Å². The first-order chi connectivity index (χ1) is 19.9. The molecule has 0 N–H and O–H groups in total. The van der Waals surface area contributed by atoms with Crippen molar-refractivity contribution in [2.75, 3.05) is 21.4 Å². The van der Waals surface area contributed by atoms with Gasteiger partial charge in [-0.15, -0.1) is 0 Å². The van der Waals surface area contributed by atoms with E-state index in [1.807, 2.05) is 72.9 Å². The molecule has 41 heavy (non-hydrogen) atoms. The third-order valence-corrected chi connectivity index (χ3v) is 7.15. The van der Waals surface area contributed by atoms with E-state index in [9.17, 15) is 0 Å². The number of anilines is 5. The van der Waals surface area contributed by atoms with Crippen molar-refractivity contribution in [2.45, 2.75) is 26.2 Å². The normalized spacial score (nSPS) is 13.0. The van der Waals surface area contributed by atoms with Crippen LogP contribution in [0.25, 0.3) is 0 Å². The van der Waals surface area contributed by atoms with Crippen LogP contribution in [0.15, 0.2) is 140 Å². The van der Waals surface area contributed by atoms with Crippen molar-refractivity contribution in [3.63, 3.8) is 0 Å². The average Bonchev–Trinajstić information content (AvgIpc) is 3.49. The molecule has 0 radical (unpaired) electrons. The molecule has 0 saturated carbocycles. The third-order valence-electron chi connectivity index (χ3n) is 7.15. The van der Waals surface area contributed by atoms with Gasteiger partial charge in [-0.05, 0) is 71.6 Å². The molecule has 0 unspecified atom stereocenters. The molecule has 2 heterocycles. The average molecular weight is 539 g/mol. The number of ether oxygens (including phenoxy) is 1. The van der Waals surface area contributed by atoms with Crippen LogP contribution in [0.1, 0.15) is 26.3 Å². The molecule has 5 heteroatoms. The maximum Gasteiger partial charge on any atom is 0.137 e. The minimum absolute atomic E-state index is 0.142. The minimum atomic E-state index is 0.142. The maximum absolute atomic E-state index is 6.39. The Morgan fingerprint density at radius 2 is 1.29 bits per heavy atom. The Labute approximate surface area is 242 Å². The van der Waals surface area contributed by atoms with E-state index in [2.05, 4.69) is 107 Å². The minimum Gasteiger partial charge on any atom is -0.457 e. The summed E-state index contributed by atoms with van der Waals surface area (Å²) in [6.07, 6.45) is 6.05. The van der Waals surface area contributed by atoms with Gasteiger partial charge in [-0.3, -0.25) is 4.90 Å². The van der Waals surface area contributed by atoms with Gasteiger partial charge in [0.1, 0.15) is 17.3 Å². The number of benzene rings is 4. The molecule has 1 aliphatic heterocycles. The van der Waals surface area contributed by atoms with E-state index in [1.165, 1.54) is 11.3 Å². The van der Waals surface area contributed by atoms with Crippen molar-refractivity contribution in [1.29, 1.82) is 0 Å². The van der Waals surface area contributed by atoms with Crippen LogP contribution in [0.4, 0.5) is 28.6 Å². The first-order valence-electron chi connectivity index (χ1n) is 13.9. The van der Waals surface area contributed by atoms with Crippen molar-refractivity contribution >= 4 is 28.6 Å². The number of hydrogen-bond acceptors (Lipinski definition) is 5. The lowest BCUT2D eigenvalue weighted by atomic mass is 9.87. The lowest BCUT2D eigenvalue weighted by Gasteiger charge is -2.24. The zero-order valence-corrected chi connectivity index (χ0v) is 23.7. The van der Waals surface area contributed by atoms with Crippen molar-refractivity contribution in [2.24, 2.45) is 0 Å². The van der Waals surface area contributed by atoms with E-state index in [1.54, 1.807) is 0 Å². The molecule has 1 aromatic heterocycles. The molecule has 5 nitrogen and oxygen atoms in total. The van der Waals surface area contributed by atoms with Crippen LogP contribution in [0.3, 0.4) is 0 Å². The van der Waals surface area contributed by atoms with Crippen LogP contribution in [0.5, 0.6) is 11.5 Å². The van der Waals surface area contributed by atoms with Gasteiger partial charge in [0, 0.05) is 47.8 Å². The second kappa shape index (κ2) is 11.2. The summed E-state index contributed by atoms with van der Waals surface area (Å²) in [4.78, 5) is 11.2. The van der Waals surface area contributed by atoms with Crippen molar-refractivity contribution in [3.05, 3.63) is 145 Å². The number of aromatic nitrogens is 1. The van der Waals surface area contributed by atoms with Crippen LogP contribution < -0.4 is 19.4 Å². The molecule has 1 aliphatic rings. The fraction of sp³-hybridized carbons (Fsp3) is 0.139. The number of rotatable bonds is 7. The van der Waals surface area contributed by atoms with E-state index in [0.717, 1.165) is 41.0 Å². The fourth-order valence-electron chi connectivity index (χ4n) is 4.93. The van der Waals surface area contributed by atoms with Gasteiger partial charge in [-0.1, -0.05) is 69.3 Å². The highest BCUT2D eigenvalue weighted by Crippen LogP contribution is 2.36. The fourth-order valence-corrected chi connectivity index (χ4v) is 4.93. The smallest absolute Gasteiger partial charge is 0.137 e. The first kappa shape index (κ1) is 26.2. The lowest BCUT2D eigenvalue weighted by molar-refractivity contribution is 0.483. The van der Waals surface area contributed by atoms with E-state index < -0.39 is 0 Å². The molecule has 0 saturated heterocycles. The highest BCUT2D eigenvalue weighted by Gasteiger charge is 2.18. The molecule has 5 aromatic rings. The summed E-state index contributed by atoms with van der Waals surface area (Å²) in [6.45, 7) is 7.46. The summed E-state index contributed by atoms with van der Waals surface area (Å²) >= 11 is 0. The van der Waals surface area contributed by atoms with Gasteiger partial charge in [0.2, 0.25) is 0 Å². The quantitative estimate of drug-likeness (QED) is 0.206. The van der Waals surface area contributed by atoms with Gasteiger partial charge in [-0.2, -0.15) is 0 Å². The third kappa shape index (κ3) is 5.94. The molecular weight excluding hydrogens is 504 g/mol. The zero-order valence-electron chi connectivity index (χ0n) is 23.7. The second-order valence-electron chi connectivity index (χ2n) is 11.1. The Balaban J connectivity index is 1.19. The predicted molar refractivity (Wildman–Crippen MR) is 170 cm³/mol. The van der Waals surface area contributed by atoms with E-state index in [4.69, 9.17) is 4.74 Å². The summed E-state index contributed by atoms with van der Waals surface area (Å²) in [7, 11) is 0. The van der Waals surface area contributed by atoms with E-state index in [-0.39, 0.29) is 5.41 Å². The van der Waals surface area contributed by atoms with Gasteiger partial charge in [0.05, 0.1) is 12.4 Å². The van der Waals surface area contributed by atoms with Gasteiger partial charge in [0.15, 0.2) is 0 Å². The first-order valence-corrected chi connectivity index (χ1v) is 13.9. The van der Waals surface area contributed by atoms with Crippen LogP contribution in [-0.2, 0) is 5.41 Å². The number of nitrogens with zero attached hydrogens (tertiary/aromatic N) is 4. The summed E-state index contributed by atoms with van der Waals surface area (Å²) in [5.74, 6) is 2.38. The zero-order chi connectivity index (χ0) is 28.2. The van der Waals surface area contributed by atoms with Crippen LogP contribution in [-0.4, -0.2) is 11.7 Å². The van der Waals surface area contributed by atoms with Gasteiger partial charge in [0.25, 0.3) is 0 Å². The SMILES string of the molecule is CC(C)(C)c1ccc(N2C=CN(c3cccc(Oc4cccc(N(c5ccccc5)c5ccccn5)c4)c3)C2)cc1. The molecule has 0 bridgehead atoms. The highest BCUT2D eigenvalue weighted by atomic mass is 16.5. The van der Waals surface area contributed by atoms with E-state index in [0.29, 0.717) is 0 Å². The molecule has 6 rings (SSSR count). The Morgan fingerprint density at radius 1 is 0.634 bits per heavy atom. The van der Waals surface area contributed by atoms with Crippen LogP contribution in [0.2, 0.25) is 0 Å². The second-order valence-corrected chi connectivity index (χ2v) is 11.1. The molecule has 0 atom stereocenters. The Bertz CT molecular complexity index is 1590. The molecular formula is C36H34N4O. The summed E-state index contributed by atoms with van der Waals surface area (Å²) in [6, 6.07) is 41.4. The van der Waals surface area contributed by atoms with Crippen LogP contribution in [0, 0.1) is 0 Å². The van der Waals surface area contributed by atoms with Crippen molar-refractivity contribution in [3.8, 4) is 11.5 Å².